The Morgan fingerprint density at radius 2 is 1.45 bits per heavy atom. The minimum absolute atomic E-state index is 0.951. The van der Waals surface area contributed by atoms with Crippen molar-refractivity contribution in [1.82, 2.24) is 4.98 Å². The molecule has 0 unspecified atom stereocenters. The van der Waals surface area contributed by atoms with E-state index in [1.54, 1.807) is 3.58 Å². The predicted molar refractivity (Wildman–Crippen MR) is 93.8 cm³/mol. The average Bonchev–Trinajstić information content (AvgIpc) is 2.48. The van der Waals surface area contributed by atoms with Crippen molar-refractivity contribution in [2.24, 2.45) is 0 Å². The first-order valence-corrected chi connectivity index (χ1v) is 16.2. The summed E-state index contributed by atoms with van der Waals surface area (Å²) >= 11 is 4.21. The van der Waals surface area contributed by atoms with Crippen molar-refractivity contribution in [2.45, 2.75) is 72.6 Å². The normalized spacial score (nSPS) is 11.8. The van der Waals surface area contributed by atoms with Gasteiger partial charge in [0.15, 0.2) is 0 Å². The first-order valence-electron chi connectivity index (χ1n) is 8.30. The summed E-state index contributed by atoms with van der Waals surface area (Å²) in [7, 11) is 0. The van der Waals surface area contributed by atoms with Crippen LogP contribution in [0, 0.1) is 0 Å². The van der Waals surface area contributed by atoms with Crippen LogP contribution in [0.5, 0.6) is 0 Å². The van der Waals surface area contributed by atoms with Crippen LogP contribution in [0.3, 0.4) is 0 Å². The van der Waals surface area contributed by atoms with Crippen LogP contribution < -0.4 is 3.58 Å². The molecule has 0 radical (unpaired) electrons. The molecule has 1 nitrogen and oxygen atoms in total. The number of nitrogens with zero attached hydrogens (tertiary/aromatic N) is 1. The molecule has 1 aromatic heterocycles. The Bertz CT molecular complexity index is 359. The molecule has 1 rings (SSSR count). The molecule has 1 heterocycles. The van der Waals surface area contributed by atoms with Gasteiger partial charge in [0, 0.05) is 0 Å². The minimum atomic E-state index is -2.33. The topological polar surface area (TPSA) is 12.9 Å². The summed E-state index contributed by atoms with van der Waals surface area (Å²) in [6.07, 6.45) is 11.9. The van der Waals surface area contributed by atoms with Crippen LogP contribution in [0.25, 0.3) is 0 Å². The van der Waals surface area contributed by atoms with Crippen molar-refractivity contribution in [3.05, 3.63) is 23.5 Å². The zero-order chi connectivity index (χ0) is 14.8. The van der Waals surface area contributed by atoms with Crippen LogP contribution in [0.4, 0.5) is 0 Å². The summed E-state index contributed by atoms with van der Waals surface area (Å²) in [5.41, 5.74) is 0. The predicted octanol–water partition coefficient (Wildman–Crippen LogP) is 5.79. The van der Waals surface area contributed by atoms with Gasteiger partial charge in [-0.1, -0.05) is 0 Å². The molecule has 0 atom stereocenters. The second kappa shape index (κ2) is 10.0. The van der Waals surface area contributed by atoms with E-state index in [1.807, 2.05) is 12.4 Å². The number of aromatic nitrogens is 1. The summed E-state index contributed by atoms with van der Waals surface area (Å²) in [6, 6.07) is 2.25. The van der Waals surface area contributed by atoms with Crippen LogP contribution >= 0.6 is 11.6 Å². The fraction of sp³-hybridized carbons (Fsp3) is 0.706. The van der Waals surface area contributed by atoms with Crippen molar-refractivity contribution >= 4 is 33.6 Å². The summed E-state index contributed by atoms with van der Waals surface area (Å²) in [5, 5.41) is 0.951. The van der Waals surface area contributed by atoms with Gasteiger partial charge in [0.2, 0.25) is 0 Å². The number of rotatable bonds is 10. The van der Waals surface area contributed by atoms with E-state index in [-0.39, 0.29) is 0 Å². The molecular formula is C17H30ClNSn. The molecule has 0 aromatic carbocycles. The molecule has 0 fully saturated rings. The van der Waals surface area contributed by atoms with Crippen LogP contribution in [0.15, 0.2) is 18.5 Å². The van der Waals surface area contributed by atoms with Gasteiger partial charge in [-0.3, -0.25) is 0 Å². The Morgan fingerprint density at radius 3 is 1.85 bits per heavy atom. The number of hydrogen-bond donors (Lipinski definition) is 0. The summed E-state index contributed by atoms with van der Waals surface area (Å²) in [5.74, 6) is 0. The molecule has 0 amide bonds. The van der Waals surface area contributed by atoms with Gasteiger partial charge in [-0.25, -0.2) is 0 Å². The van der Waals surface area contributed by atoms with Gasteiger partial charge in [0.1, 0.15) is 0 Å². The van der Waals surface area contributed by atoms with Gasteiger partial charge in [-0.15, -0.1) is 0 Å². The van der Waals surface area contributed by atoms with E-state index >= 15 is 0 Å². The molecule has 0 bridgehead atoms. The summed E-state index contributed by atoms with van der Waals surface area (Å²) < 4.78 is 5.95. The van der Waals surface area contributed by atoms with Crippen molar-refractivity contribution in [1.29, 1.82) is 0 Å². The fourth-order valence-electron chi connectivity index (χ4n) is 3.13. The Balaban J connectivity index is 3.08. The SMILES string of the molecule is CCC[CH2][Sn]([CH2]CCC)([CH2]CCC)[c]1ccncc1Cl. The van der Waals surface area contributed by atoms with Crippen LogP contribution in [0.1, 0.15) is 59.3 Å². The zero-order valence-corrected chi connectivity index (χ0v) is 17.0. The van der Waals surface area contributed by atoms with Gasteiger partial charge in [-0.2, -0.15) is 0 Å². The van der Waals surface area contributed by atoms with Crippen LogP contribution in [0.2, 0.25) is 18.3 Å². The third-order valence-corrected chi connectivity index (χ3v) is 20.9. The molecule has 20 heavy (non-hydrogen) atoms. The third kappa shape index (κ3) is 5.21. The summed E-state index contributed by atoms with van der Waals surface area (Å²) in [4.78, 5) is 4.20. The van der Waals surface area contributed by atoms with Gasteiger partial charge in [0.25, 0.3) is 0 Å². The molecule has 0 aliphatic rings. The molecule has 0 aliphatic heterocycles. The standard InChI is InChI=1S/C5H3ClN.3C4H9.Sn/c6-5-2-1-3-7-4-5;3*1-3-4-2;/h1,3-4H;3*1,3-4H2,2H3;. The van der Waals surface area contributed by atoms with E-state index in [0.29, 0.717) is 0 Å². The molecular weight excluding hydrogens is 372 g/mol. The average molecular weight is 403 g/mol. The van der Waals surface area contributed by atoms with Crippen LogP contribution in [-0.2, 0) is 0 Å². The molecule has 0 N–H and O–H groups in total. The molecule has 3 heteroatoms. The van der Waals surface area contributed by atoms with Crippen molar-refractivity contribution in [2.75, 3.05) is 0 Å². The van der Waals surface area contributed by atoms with E-state index in [2.05, 4.69) is 31.8 Å². The molecule has 0 saturated heterocycles. The second-order valence-electron chi connectivity index (χ2n) is 5.95. The Kier molecular flexibility index (Phi) is 9.19. The van der Waals surface area contributed by atoms with Gasteiger partial charge < -0.3 is 0 Å². The van der Waals surface area contributed by atoms with E-state index < -0.39 is 18.4 Å². The Labute approximate surface area is 134 Å². The molecule has 0 saturated carbocycles. The first-order chi connectivity index (χ1) is 9.70. The molecule has 114 valence electrons. The van der Waals surface area contributed by atoms with E-state index in [4.69, 9.17) is 11.6 Å². The molecule has 1 aromatic rings. The number of pyridine rings is 1. The second-order valence-corrected chi connectivity index (χ2v) is 19.5. The Morgan fingerprint density at radius 1 is 0.950 bits per heavy atom. The van der Waals surface area contributed by atoms with Crippen molar-refractivity contribution in [3.63, 3.8) is 0 Å². The maximum atomic E-state index is 6.54. The maximum absolute atomic E-state index is 6.54. The van der Waals surface area contributed by atoms with Gasteiger partial charge >= 0.3 is 135 Å². The first kappa shape index (κ1) is 18.3. The van der Waals surface area contributed by atoms with E-state index in [0.717, 1.165) is 5.02 Å². The number of hydrogen-bond acceptors (Lipinski definition) is 1. The van der Waals surface area contributed by atoms with Crippen LogP contribution in [-0.4, -0.2) is 23.4 Å². The monoisotopic (exact) mass is 403 g/mol. The molecule has 0 spiro atoms. The number of halogens is 1. The Hall–Kier alpha value is 0.239. The third-order valence-electron chi connectivity index (χ3n) is 4.37. The van der Waals surface area contributed by atoms with Crippen molar-refractivity contribution in [3.8, 4) is 0 Å². The zero-order valence-electron chi connectivity index (χ0n) is 13.4. The molecule has 0 aliphatic carbocycles. The summed E-state index contributed by atoms with van der Waals surface area (Å²) in [6.45, 7) is 6.93. The van der Waals surface area contributed by atoms with Gasteiger partial charge in [0.05, 0.1) is 0 Å². The fourth-order valence-corrected chi connectivity index (χ4v) is 20.7. The number of unbranched alkanes of at least 4 members (excludes halogenated alkanes) is 3. The quantitative estimate of drug-likeness (QED) is 0.451. The van der Waals surface area contributed by atoms with Crippen molar-refractivity contribution < 1.29 is 0 Å². The van der Waals surface area contributed by atoms with E-state index in [9.17, 15) is 0 Å². The van der Waals surface area contributed by atoms with Gasteiger partial charge in [-0.05, 0) is 0 Å². The van der Waals surface area contributed by atoms with E-state index in [1.165, 1.54) is 51.8 Å².